The molecule has 0 atom stereocenters. The van der Waals surface area contributed by atoms with E-state index < -0.39 is 0 Å². The molecule has 0 amide bonds. The molecule has 3 rings (SSSR count). The summed E-state index contributed by atoms with van der Waals surface area (Å²) in [5.41, 5.74) is 0.853. The lowest BCUT2D eigenvalue weighted by atomic mass is 10.4. The standard InChI is InChI=1S/C10H7ClN6O/c11-8-4-13-7(3-14-8)6-17-10(18)16-2-1-12-5-9(16)15-17/h1-5H,6H2. The van der Waals surface area contributed by atoms with Gasteiger partial charge in [0.1, 0.15) is 5.15 Å². The molecule has 0 radical (unpaired) electrons. The molecule has 7 nitrogen and oxygen atoms in total. The minimum atomic E-state index is -0.246. The monoisotopic (exact) mass is 262 g/mol. The summed E-state index contributed by atoms with van der Waals surface area (Å²) in [6.07, 6.45) is 7.55. The minimum Gasteiger partial charge on any atom is -0.259 e. The number of nitrogens with zero attached hydrogens (tertiary/aromatic N) is 6. The zero-order valence-electron chi connectivity index (χ0n) is 9.06. The highest BCUT2D eigenvalue weighted by Crippen LogP contribution is 2.02. The van der Waals surface area contributed by atoms with E-state index in [1.54, 1.807) is 6.20 Å². The summed E-state index contributed by atoms with van der Waals surface area (Å²) in [7, 11) is 0. The van der Waals surface area contributed by atoms with Gasteiger partial charge in [0, 0.05) is 12.4 Å². The van der Waals surface area contributed by atoms with E-state index in [0.717, 1.165) is 0 Å². The van der Waals surface area contributed by atoms with Crippen molar-refractivity contribution in [3.63, 3.8) is 0 Å². The van der Waals surface area contributed by atoms with Gasteiger partial charge in [-0.3, -0.25) is 9.97 Å². The van der Waals surface area contributed by atoms with Crippen molar-refractivity contribution in [1.29, 1.82) is 0 Å². The van der Waals surface area contributed by atoms with Crippen LogP contribution >= 0.6 is 11.6 Å². The van der Waals surface area contributed by atoms with Crippen molar-refractivity contribution < 1.29 is 0 Å². The molecule has 0 unspecified atom stereocenters. The van der Waals surface area contributed by atoms with Crippen LogP contribution in [-0.4, -0.2) is 29.1 Å². The number of fused-ring (bicyclic) bond motifs is 1. The van der Waals surface area contributed by atoms with E-state index in [1.807, 2.05) is 0 Å². The van der Waals surface area contributed by atoms with Crippen LogP contribution in [-0.2, 0) is 6.54 Å². The van der Waals surface area contributed by atoms with Crippen LogP contribution in [0.4, 0.5) is 0 Å². The van der Waals surface area contributed by atoms with Crippen LogP contribution in [0.5, 0.6) is 0 Å². The zero-order chi connectivity index (χ0) is 12.5. The lowest BCUT2D eigenvalue weighted by Crippen LogP contribution is -2.22. The summed E-state index contributed by atoms with van der Waals surface area (Å²) in [5, 5.41) is 4.44. The molecule has 0 fully saturated rings. The van der Waals surface area contributed by atoms with Crippen molar-refractivity contribution in [2.24, 2.45) is 0 Å². The summed E-state index contributed by atoms with van der Waals surface area (Å²) >= 11 is 5.64. The predicted octanol–water partition coefficient (Wildman–Crippen LogP) is 0.383. The SMILES string of the molecule is O=c1n(Cc2cnc(Cl)cn2)nc2cnccn12. The maximum atomic E-state index is 12.0. The topological polar surface area (TPSA) is 78.0 Å². The fourth-order valence-electron chi connectivity index (χ4n) is 1.56. The lowest BCUT2D eigenvalue weighted by Gasteiger charge is -1.98. The first-order chi connectivity index (χ1) is 8.74. The molecule has 90 valence electrons. The van der Waals surface area contributed by atoms with E-state index in [4.69, 9.17) is 11.6 Å². The number of aromatic nitrogens is 6. The highest BCUT2D eigenvalue weighted by molar-refractivity contribution is 6.29. The van der Waals surface area contributed by atoms with Crippen LogP contribution in [0.15, 0.2) is 35.8 Å². The van der Waals surface area contributed by atoms with Crippen LogP contribution in [0.1, 0.15) is 5.69 Å². The largest absolute Gasteiger partial charge is 0.350 e. The molecular formula is C10H7ClN6O. The Morgan fingerprint density at radius 3 is 2.83 bits per heavy atom. The first-order valence-electron chi connectivity index (χ1n) is 5.09. The molecule has 0 bridgehead atoms. The van der Waals surface area contributed by atoms with Crippen LogP contribution in [0.2, 0.25) is 5.15 Å². The summed E-state index contributed by atoms with van der Waals surface area (Å²) in [6.45, 7) is 0.241. The molecule has 3 aromatic rings. The third-order valence-corrected chi connectivity index (χ3v) is 2.57. The maximum absolute atomic E-state index is 12.0. The van der Waals surface area contributed by atoms with Gasteiger partial charge in [-0.1, -0.05) is 11.6 Å². The number of hydrogen-bond donors (Lipinski definition) is 0. The second-order valence-corrected chi connectivity index (χ2v) is 3.96. The van der Waals surface area contributed by atoms with Gasteiger partial charge >= 0.3 is 5.69 Å². The van der Waals surface area contributed by atoms with Crippen molar-refractivity contribution in [3.05, 3.63) is 52.3 Å². The van der Waals surface area contributed by atoms with Crippen molar-refractivity contribution in [3.8, 4) is 0 Å². The molecule has 0 N–H and O–H groups in total. The Balaban J connectivity index is 2.02. The Kier molecular flexibility index (Phi) is 2.52. The highest BCUT2D eigenvalue weighted by Gasteiger charge is 2.07. The van der Waals surface area contributed by atoms with Gasteiger partial charge in [0.15, 0.2) is 5.65 Å². The summed E-state index contributed by atoms with van der Waals surface area (Å²) in [6, 6.07) is 0. The zero-order valence-corrected chi connectivity index (χ0v) is 9.82. The Bertz CT molecular complexity index is 747. The molecule has 0 aliphatic carbocycles. The predicted molar refractivity (Wildman–Crippen MR) is 63.4 cm³/mol. The van der Waals surface area contributed by atoms with E-state index in [-0.39, 0.29) is 12.2 Å². The second kappa shape index (κ2) is 4.19. The van der Waals surface area contributed by atoms with Gasteiger partial charge in [-0.15, -0.1) is 5.10 Å². The Morgan fingerprint density at radius 2 is 2.11 bits per heavy atom. The van der Waals surface area contributed by atoms with Crippen molar-refractivity contribution >= 4 is 17.2 Å². The van der Waals surface area contributed by atoms with E-state index in [1.165, 1.54) is 33.9 Å². The Hall–Kier alpha value is -2.28. The quantitative estimate of drug-likeness (QED) is 0.667. The van der Waals surface area contributed by atoms with Gasteiger partial charge in [-0.2, -0.15) is 0 Å². The minimum absolute atomic E-state index is 0.241. The molecular weight excluding hydrogens is 256 g/mol. The van der Waals surface area contributed by atoms with Crippen LogP contribution in [0.3, 0.4) is 0 Å². The van der Waals surface area contributed by atoms with E-state index >= 15 is 0 Å². The number of halogens is 1. The van der Waals surface area contributed by atoms with Gasteiger partial charge < -0.3 is 0 Å². The van der Waals surface area contributed by atoms with Gasteiger partial charge in [0.25, 0.3) is 0 Å². The fourth-order valence-corrected chi connectivity index (χ4v) is 1.65. The Labute approximate surface area is 106 Å². The van der Waals surface area contributed by atoms with Crippen LogP contribution in [0.25, 0.3) is 5.65 Å². The normalized spacial score (nSPS) is 10.9. The number of rotatable bonds is 2. The lowest BCUT2D eigenvalue weighted by molar-refractivity contribution is 0.644. The van der Waals surface area contributed by atoms with Gasteiger partial charge in [0.2, 0.25) is 0 Å². The first-order valence-corrected chi connectivity index (χ1v) is 5.47. The van der Waals surface area contributed by atoms with Crippen LogP contribution < -0.4 is 5.69 Å². The van der Waals surface area contributed by atoms with E-state index in [9.17, 15) is 4.79 Å². The molecule has 3 aromatic heterocycles. The molecule has 0 aromatic carbocycles. The van der Waals surface area contributed by atoms with Crippen LogP contribution in [0, 0.1) is 0 Å². The molecule has 0 saturated carbocycles. The van der Waals surface area contributed by atoms with Gasteiger partial charge in [-0.05, 0) is 0 Å². The molecule has 0 aliphatic heterocycles. The average molecular weight is 263 g/mol. The molecule has 0 aliphatic rings. The molecule has 8 heteroatoms. The van der Waals surface area contributed by atoms with E-state index in [0.29, 0.717) is 16.5 Å². The molecule has 0 saturated heterocycles. The Morgan fingerprint density at radius 1 is 1.22 bits per heavy atom. The van der Waals surface area contributed by atoms with Crippen molar-refractivity contribution in [2.75, 3.05) is 0 Å². The summed E-state index contributed by atoms with van der Waals surface area (Å²) in [4.78, 5) is 23.8. The second-order valence-electron chi connectivity index (χ2n) is 3.58. The third-order valence-electron chi connectivity index (χ3n) is 2.37. The molecule has 0 spiro atoms. The maximum Gasteiger partial charge on any atom is 0.350 e. The summed E-state index contributed by atoms with van der Waals surface area (Å²) in [5.74, 6) is 0. The van der Waals surface area contributed by atoms with Gasteiger partial charge in [0.05, 0.1) is 30.8 Å². The first kappa shape index (κ1) is 10.8. The third kappa shape index (κ3) is 1.84. The molecule has 18 heavy (non-hydrogen) atoms. The fraction of sp³-hybridized carbons (Fsp3) is 0.100. The smallest absolute Gasteiger partial charge is 0.259 e. The average Bonchev–Trinajstić information content (AvgIpc) is 2.70. The molecule has 3 heterocycles. The van der Waals surface area contributed by atoms with Crippen molar-refractivity contribution in [1.82, 2.24) is 29.1 Å². The van der Waals surface area contributed by atoms with Gasteiger partial charge in [-0.25, -0.2) is 18.9 Å². The van der Waals surface area contributed by atoms with Crippen molar-refractivity contribution in [2.45, 2.75) is 6.54 Å². The number of hydrogen-bond acceptors (Lipinski definition) is 5. The highest BCUT2D eigenvalue weighted by atomic mass is 35.5. The van der Waals surface area contributed by atoms with E-state index in [2.05, 4.69) is 20.1 Å². The summed E-state index contributed by atoms with van der Waals surface area (Å²) < 4.78 is 2.71.